The number of hydrogen-bond acceptors (Lipinski definition) is 5. The minimum Gasteiger partial charge on any atom is -0.358 e. The number of sulfonamides is 1. The second kappa shape index (κ2) is 8.83. The Morgan fingerprint density at radius 1 is 1.31 bits per heavy atom. The van der Waals surface area contributed by atoms with E-state index in [2.05, 4.69) is 15.0 Å². The molecule has 2 N–H and O–H groups in total. The predicted octanol–water partition coefficient (Wildman–Crippen LogP) is 1.14. The molecule has 1 saturated heterocycles. The van der Waals surface area contributed by atoms with Gasteiger partial charge >= 0.3 is 0 Å². The number of piperidine rings is 1. The van der Waals surface area contributed by atoms with Crippen LogP contribution in [0, 0.1) is 0 Å². The standard InChI is InChI=1S/C17H24N4O3S.ClH/c1-21(12-4-7-16(22)19-13-8-10-18-11-9-13)17-14-5-2-3-6-15(14)25(23,24)20-17;/h2-3,5-6,13,18H,4,7-12H2,1H3,(H,19,22);1H. The van der Waals surface area contributed by atoms with E-state index in [0.29, 0.717) is 30.8 Å². The van der Waals surface area contributed by atoms with Crippen molar-refractivity contribution in [2.75, 3.05) is 26.7 Å². The summed E-state index contributed by atoms with van der Waals surface area (Å²) in [5.74, 6) is 0.510. The Morgan fingerprint density at radius 2 is 2.00 bits per heavy atom. The number of amides is 1. The third kappa shape index (κ3) is 4.75. The zero-order valence-electron chi connectivity index (χ0n) is 14.8. The molecule has 2 aliphatic heterocycles. The Labute approximate surface area is 160 Å². The summed E-state index contributed by atoms with van der Waals surface area (Å²) in [6, 6.07) is 7.10. The van der Waals surface area contributed by atoms with Crippen LogP contribution >= 0.6 is 12.4 Å². The minimum absolute atomic E-state index is 0. The molecule has 9 heteroatoms. The number of carbonyl (C=O) groups is 1. The van der Waals surface area contributed by atoms with E-state index < -0.39 is 10.0 Å². The molecule has 0 spiro atoms. The Morgan fingerprint density at radius 3 is 2.73 bits per heavy atom. The molecule has 0 atom stereocenters. The monoisotopic (exact) mass is 400 g/mol. The Kier molecular flexibility index (Phi) is 7.02. The zero-order chi connectivity index (χ0) is 17.9. The lowest BCUT2D eigenvalue weighted by Gasteiger charge is -2.24. The number of rotatable bonds is 5. The van der Waals surface area contributed by atoms with Gasteiger partial charge in [-0.05, 0) is 44.5 Å². The van der Waals surface area contributed by atoms with E-state index >= 15 is 0 Å². The van der Waals surface area contributed by atoms with E-state index in [4.69, 9.17) is 0 Å². The molecule has 3 rings (SSSR count). The Bertz CT molecular complexity index is 776. The molecule has 2 heterocycles. The average molecular weight is 401 g/mol. The summed E-state index contributed by atoms with van der Waals surface area (Å²) >= 11 is 0. The van der Waals surface area contributed by atoms with Crippen LogP contribution in [0.5, 0.6) is 0 Å². The van der Waals surface area contributed by atoms with Crippen molar-refractivity contribution in [3.8, 4) is 0 Å². The van der Waals surface area contributed by atoms with Gasteiger partial charge in [-0.2, -0.15) is 8.42 Å². The van der Waals surface area contributed by atoms with Gasteiger partial charge < -0.3 is 15.5 Å². The molecule has 0 unspecified atom stereocenters. The Balaban J connectivity index is 0.00000243. The second-order valence-electron chi connectivity index (χ2n) is 6.50. The van der Waals surface area contributed by atoms with Crippen LogP contribution in [0.1, 0.15) is 31.2 Å². The summed E-state index contributed by atoms with van der Waals surface area (Å²) in [4.78, 5) is 14.1. The lowest BCUT2D eigenvalue weighted by Crippen LogP contribution is -2.42. The van der Waals surface area contributed by atoms with Gasteiger partial charge in [-0.15, -0.1) is 16.8 Å². The zero-order valence-corrected chi connectivity index (χ0v) is 16.4. The molecular formula is C17H25ClN4O3S. The molecule has 2 aliphatic rings. The van der Waals surface area contributed by atoms with Crippen molar-refractivity contribution in [1.82, 2.24) is 15.5 Å². The van der Waals surface area contributed by atoms with Crippen molar-refractivity contribution in [2.24, 2.45) is 4.40 Å². The number of hydrogen-bond donors (Lipinski definition) is 2. The van der Waals surface area contributed by atoms with Gasteiger partial charge in [-0.25, -0.2) is 0 Å². The van der Waals surface area contributed by atoms with Crippen LogP contribution in [0.15, 0.2) is 33.6 Å². The molecule has 0 bridgehead atoms. The lowest BCUT2D eigenvalue weighted by atomic mass is 10.1. The summed E-state index contributed by atoms with van der Waals surface area (Å²) in [7, 11) is -1.79. The molecule has 1 fully saturated rings. The maximum atomic E-state index is 12.1. The van der Waals surface area contributed by atoms with Gasteiger partial charge in [0.15, 0.2) is 0 Å². The smallest absolute Gasteiger partial charge is 0.285 e. The Hall–Kier alpha value is -1.64. The highest BCUT2D eigenvalue weighted by atomic mass is 35.5. The molecule has 0 saturated carbocycles. The first-order valence-corrected chi connectivity index (χ1v) is 10.1. The molecule has 26 heavy (non-hydrogen) atoms. The third-order valence-electron chi connectivity index (χ3n) is 4.58. The summed E-state index contributed by atoms with van der Waals surface area (Å²) in [5, 5.41) is 6.34. The minimum atomic E-state index is -3.60. The number of nitrogens with zero attached hydrogens (tertiary/aromatic N) is 2. The molecule has 1 amide bonds. The maximum Gasteiger partial charge on any atom is 0.285 e. The quantitative estimate of drug-likeness (QED) is 0.773. The lowest BCUT2D eigenvalue weighted by molar-refractivity contribution is -0.122. The highest BCUT2D eigenvalue weighted by Gasteiger charge is 2.30. The summed E-state index contributed by atoms with van der Waals surface area (Å²) < 4.78 is 28.1. The van der Waals surface area contributed by atoms with E-state index in [0.717, 1.165) is 25.9 Å². The van der Waals surface area contributed by atoms with Crippen molar-refractivity contribution in [3.05, 3.63) is 29.8 Å². The molecular weight excluding hydrogens is 376 g/mol. The van der Waals surface area contributed by atoms with Crippen molar-refractivity contribution < 1.29 is 13.2 Å². The van der Waals surface area contributed by atoms with Gasteiger partial charge in [-0.3, -0.25) is 4.79 Å². The van der Waals surface area contributed by atoms with E-state index in [1.807, 2.05) is 0 Å². The van der Waals surface area contributed by atoms with Crippen LogP contribution in [0.3, 0.4) is 0 Å². The SMILES string of the molecule is CN(CCCC(=O)NC1CCNCC1)C1=NS(=O)(=O)c2ccccc21.Cl. The van der Waals surface area contributed by atoms with E-state index in [1.165, 1.54) is 0 Å². The molecule has 1 aromatic rings. The first-order chi connectivity index (χ1) is 12.0. The van der Waals surface area contributed by atoms with E-state index in [9.17, 15) is 13.2 Å². The second-order valence-corrected chi connectivity index (χ2v) is 8.08. The number of nitrogens with one attached hydrogen (secondary N) is 2. The van der Waals surface area contributed by atoms with Crippen molar-refractivity contribution in [2.45, 2.75) is 36.6 Å². The highest BCUT2D eigenvalue weighted by molar-refractivity contribution is 7.90. The summed E-state index contributed by atoms with van der Waals surface area (Å²) in [5.41, 5.74) is 0.629. The number of carbonyl (C=O) groups excluding carboxylic acids is 1. The topological polar surface area (TPSA) is 90.9 Å². The van der Waals surface area contributed by atoms with Gasteiger partial charge in [0.25, 0.3) is 10.0 Å². The number of fused-ring (bicyclic) bond motifs is 1. The fourth-order valence-electron chi connectivity index (χ4n) is 3.21. The number of amidine groups is 1. The summed E-state index contributed by atoms with van der Waals surface area (Å²) in [6.45, 7) is 2.46. The van der Waals surface area contributed by atoms with Gasteiger partial charge in [0.2, 0.25) is 5.91 Å². The van der Waals surface area contributed by atoms with E-state index in [-0.39, 0.29) is 29.3 Å². The number of halogens is 1. The average Bonchev–Trinajstić information content (AvgIpc) is 2.88. The fourth-order valence-corrected chi connectivity index (χ4v) is 4.46. The fraction of sp³-hybridized carbons (Fsp3) is 0.529. The van der Waals surface area contributed by atoms with Crippen molar-refractivity contribution in [3.63, 3.8) is 0 Å². The predicted molar refractivity (Wildman–Crippen MR) is 103 cm³/mol. The van der Waals surface area contributed by atoms with Crippen molar-refractivity contribution >= 4 is 34.2 Å². The molecule has 7 nitrogen and oxygen atoms in total. The van der Waals surface area contributed by atoms with E-state index in [1.54, 1.807) is 36.2 Å². The first kappa shape index (κ1) is 20.7. The van der Waals surface area contributed by atoms with Crippen molar-refractivity contribution in [1.29, 1.82) is 0 Å². The van der Waals surface area contributed by atoms with Gasteiger partial charge in [0, 0.05) is 31.6 Å². The first-order valence-electron chi connectivity index (χ1n) is 8.63. The maximum absolute atomic E-state index is 12.1. The van der Waals surface area contributed by atoms with Gasteiger partial charge in [-0.1, -0.05) is 12.1 Å². The molecule has 0 aliphatic carbocycles. The highest BCUT2D eigenvalue weighted by Crippen LogP contribution is 2.26. The summed E-state index contributed by atoms with van der Waals surface area (Å²) in [6.07, 6.45) is 3.01. The molecule has 144 valence electrons. The molecule has 0 radical (unpaired) electrons. The largest absolute Gasteiger partial charge is 0.358 e. The normalized spacial score (nSPS) is 18.4. The molecule has 1 aromatic carbocycles. The van der Waals surface area contributed by atoms with Crippen LogP contribution < -0.4 is 10.6 Å². The third-order valence-corrected chi connectivity index (χ3v) is 5.90. The van der Waals surface area contributed by atoms with Gasteiger partial charge in [0.1, 0.15) is 10.7 Å². The van der Waals surface area contributed by atoms with Crippen LogP contribution in [-0.4, -0.2) is 57.8 Å². The van der Waals surface area contributed by atoms with Crippen LogP contribution in [0.4, 0.5) is 0 Å². The molecule has 0 aromatic heterocycles. The van der Waals surface area contributed by atoms with Crippen LogP contribution in [-0.2, 0) is 14.8 Å². The van der Waals surface area contributed by atoms with Gasteiger partial charge in [0.05, 0.1) is 0 Å². The van der Waals surface area contributed by atoms with Crippen LogP contribution in [0.25, 0.3) is 0 Å². The van der Waals surface area contributed by atoms with Crippen LogP contribution in [0.2, 0.25) is 0 Å². The number of benzene rings is 1.